The maximum atomic E-state index is 13.3. The summed E-state index contributed by atoms with van der Waals surface area (Å²) in [7, 11) is -3.76. The average molecular weight is 587 g/mol. The maximum Gasteiger partial charge on any atom is 0.418 e. The van der Waals surface area contributed by atoms with Crippen LogP contribution in [-0.4, -0.2) is 30.9 Å². The van der Waals surface area contributed by atoms with Crippen molar-refractivity contribution in [1.29, 1.82) is 0 Å². The molecule has 0 atom stereocenters. The summed E-state index contributed by atoms with van der Waals surface area (Å²) in [5.41, 5.74) is 0.878. The molecule has 40 heavy (non-hydrogen) atoms. The zero-order valence-electron chi connectivity index (χ0n) is 20.3. The fourth-order valence-corrected chi connectivity index (χ4v) is 5.65. The van der Waals surface area contributed by atoms with E-state index in [2.05, 4.69) is 20.0 Å². The van der Waals surface area contributed by atoms with Gasteiger partial charge in [0.15, 0.2) is 11.7 Å². The van der Waals surface area contributed by atoms with Crippen molar-refractivity contribution >= 4 is 49.0 Å². The number of nitrogens with one attached hydrogen (secondary N) is 2. The lowest BCUT2D eigenvalue weighted by molar-refractivity contribution is -0.136. The summed E-state index contributed by atoms with van der Waals surface area (Å²) in [5.74, 6) is -0.402. The van der Waals surface area contributed by atoms with Gasteiger partial charge in [0, 0.05) is 30.3 Å². The molecule has 2 heterocycles. The summed E-state index contributed by atoms with van der Waals surface area (Å²) in [4.78, 5) is 20.3. The van der Waals surface area contributed by atoms with Gasteiger partial charge in [0.1, 0.15) is 5.75 Å². The second-order valence-corrected chi connectivity index (χ2v) is 11.0. The predicted molar refractivity (Wildman–Crippen MR) is 148 cm³/mol. The number of ether oxygens (including phenoxy) is 1. The van der Waals surface area contributed by atoms with Crippen LogP contribution >= 0.6 is 11.3 Å². The molecule has 3 aromatic carbocycles. The average Bonchev–Trinajstić information content (AvgIpc) is 3.44. The van der Waals surface area contributed by atoms with Crippen LogP contribution in [-0.2, 0) is 21.0 Å². The predicted octanol–water partition coefficient (Wildman–Crippen LogP) is 6.44. The normalized spacial score (nSPS) is 11.8. The number of fused-ring (bicyclic) bond motifs is 1. The molecule has 2 N–H and O–H groups in total. The Balaban J connectivity index is 0.00000387. The van der Waals surface area contributed by atoms with E-state index in [4.69, 9.17) is 4.74 Å². The van der Waals surface area contributed by atoms with Crippen molar-refractivity contribution < 1.29 is 32.5 Å². The number of amides is 1. The van der Waals surface area contributed by atoms with Crippen molar-refractivity contribution in [2.75, 3.05) is 16.6 Å². The summed E-state index contributed by atoms with van der Waals surface area (Å²) in [5, 5.41) is 4.76. The van der Waals surface area contributed by atoms with Gasteiger partial charge in [-0.2, -0.15) is 13.2 Å². The highest BCUT2D eigenvalue weighted by atomic mass is 32.2. The van der Waals surface area contributed by atoms with Gasteiger partial charge in [-0.25, -0.2) is 13.4 Å². The second-order valence-electron chi connectivity index (χ2n) is 8.39. The van der Waals surface area contributed by atoms with E-state index in [1.54, 1.807) is 41.8 Å². The number of alkyl halides is 3. The van der Waals surface area contributed by atoms with Gasteiger partial charge in [0.05, 0.1) is 16.0 Å². The highest BCUT2D eigenvalue weighted by Gasteiger charge is 2.33. The van der Waals surface area contributed by atoms with Crippen molar-refractivity contribution in [3.63, 3.8) is 0 Å². The molecule has 5 rings (SSSR count). The standard InChI is InChI=1S/C27H19F3N4O4S2.H2/c28-27(29,30)22-3-1-2-21-23(12-13-31-25(21)22)38-16-24(35)33-19-8-4-17(5-9-19)18-6-10-20(11-7-18)40(36,37)34-26-32-14-15-39-26;/h1-15H,16H2,(H,32,34)(H,33,35);1H. The monoisotopic (exact) mass is 586 g/mol. The number of aromatic nitrogens is 2. The zero-order valence-corrected chi connectivity index (χ0v) is 22.0. The van der Waals surface area contributed by atoms with Crippen molar-refractivity contribution in [3.8, 4) is 16.9 Å². The number of hydrogen-bond acceptors (Lipinski definition) is 7. The fraction of sp³-hybridized carbons (Fsp3) is 0.0741. The van der Waals surface area contributed by atoms with Gasteiger partial charge in [-0.15, -0.1) is 11.3 Å². The van der Waals surface area contributed by atoms with Crippen LogP contribution in [0.15, 0.2) is 95.5 Å². The zero-order chi connectivity index (χ0) is 28.3. The van der Waals surface area contributed by atoms with Gasteiger partial charge in [-0.05, 0) is 53.6 Å². The topological polar surface area (TPSA) is 110 Å². The molecule has 206 valence electrons. The van der Waals surface area contributed by atoms with Crippen LogP contribution in [0.25, 0.3) is 22.0 Å². The van der Waals surface area contributed by atoms with Crippen LogP contribution in [0.5, 0.6) is 5.75 Å². The van der Waals surface area contributed by atoms with Gasteiger partial charge in [0.25, 0.3) is 15.9 Å². The molecule has 8 nitrogen and oxygen atoms in total. The minimum absolute atomic E-state index is 0. The summed E-state index contributed by atoms with van der Waals surface area (Å²) in [6.45, 7) is -0.428. The number of rotatable bonds is 8. The van der Waals surface area contributed by atoms with Crippen LogP contribution in [0.3, 0.4) is 0 Å². The molecule has 0 spiro atoms. The lowest BCUT2D eigenvalue weighted by Gasteiger charge is -2.13. The molecular formula is C27H21F3N4O4S2. The third kappa shape index (κ3) is 6.05. The number of carbonyl (C=O) groups is 1. The van der Waals surface area contributed by atoms with E-state index in [9.17, 15) is 26.4 Å². The Bertz CT molecular complexity index is 1770. The number of carbonyl (C=O) groups excluding carboxylic acids is 1. The van der Waals surface area contributed by atoms with E-state index in [1.807, 2.05) is 0 Å². The van der Waals surface area contributed by atoms with Gasteiger partial charge in [0.2, 0.25) is 0 Å². The number of halogens is 3. The number of hydrogen-bond donors (Lipinski definition) is 2. The lowest BCUT2D eigenvalue weighted by Crippen LogP contribution is -2.20. The Morgan fingerprint density at radius 1 is 0.925 bits per heavy atom. The maximum absolute atomic E-state index is 13.3. The van der Waals surface area contributed by atoms with Gasteiger partial charge < -0.3 is 10.1 Å². The summed E-state index contributed by atoms with van der Waals surface area (Å²) in [6, 6.07) is 18.2. The molecule has 0 saturated heterocycles. The Labute approximate surface area is 232 Å². The summed E-state index contributed by atoms with van der Waals surface area (Å²) >= 11 is 1.17. The summed E-state index contributed by atoms with van der Waals surface area (Å²) in [6.07, 6.45) is -1.87. The SMILES string of the molecule is O=C(COc1ccnc2c(C(F)(F)F)cccc12)Nc1ccc(-c2ccc(S(=O)(=O)Nc3nccs3)cc2)cc1.[HH]. The van der Waals surface area contributed by atoms with Crippen LogP contribution in [0.1, 0.15) is 6.99 Å². The van der Waals surface area contributed by atoms with Crippen LogP contribution in [0.4, 0.5) is 24.0 Å². The number of sulfonamides is 1. The van der Waals surface area contributed by atoms with E-state index in [0.717, 1.165) is 17.2 Å². The van der Waals surface area contributed by atoms with Crippen LogP contribution in [0.2, 0.25) is 0 Å². The molecule has 0 unspecified atom stereocenters. The number of pyridine rings is 1. The molecule has 1 amide bonds. The molecule has 2 aromatic heterocycles. The molecule has 0 aliphatic carbocycles. The van der Waals surface area contributed by atoms with E-state index in [0.29, 0.717) is 5.69 Å². The summed E-state index contributed by atoms with van der Waals surface area (Å²) < 4.78 is 72.8. The van der Waals surface area contributed by atoms with Crippen LogP contribution in [0, 0.1) is 0 Å². The minimum Gasteiger partial charge on any atom is -0.483 e. The van der Waals surface area contributed by atoms with Crippen LogP contribution < -0.4 is 14.8 Å². The third-order valence-corrected chi connectivity index (χ3v) is 7.89. The fourth-order valence-electron chi connectivity index (χ4n) is 3.87. The molecule has 0 fully saturated rings. The number of benzene rings is 3. The quantitative estimate of drug-likeness (QED) is 0.217. The Kier molecular flexibility index (Phi) is 7.41. The van der Waals surface area contributed by atoms with Crippen molar-refractivity contribution in [2.45, 2.75) is 11.1 Å². The number of nitrogens with zero attached hydrogens (tertiary/aromatic N) is 2. The molecule has 5 aromatic rings. The molecule has 0 radical (unpaired) electrons. The van der Waals surface area contributed by atoms with E-state index >= 15 is 0 Å². The minimum atomic E-state index is -4.58. The van der Waals surface area contributed by atoms with Crippen molar-refractivity contribution in [2.24, 2.45) is 0 Å². The lowest BCUT2D eigenvalue weighted by atomic mass is 10.1. The highest BCUT2D eigenvalue weighted by Crippen LogP contribution is 2.36. The smallest absolute Gasteiger partial charge is 0.418 e. The Morgan fingerprint density at radius 3 is 2.27 bits per heavy atom. The number of para-hydroxylation sites is 1. The molecular weight excluding hydrogens is 565 g/mol. The van der Waals surface area contributed by atoms with E-state index < -0.39 is 34.3 Å². The first-order valence-corrected chi connectivity index (χ1v) is 14.0. The van der Waals surface area contributed by atoms with Crippen molar-refractivity contribution in [1.82, 2.24) is 9.97 Å². The highest BCUT2D eigenvalue weighted by molar-refractivity contribution is 7.93. The molecule has 0 saturated carbocycles. The Hall–Kier alpha value is -4.49. The third-order valence-electron chi connectivity index (χ3n) is 5.72. The molecule has 0 bridgehead atoms. The first kappa shape index (κ1) is 27.1. The largest absolute Gasteiger partial charge is 0.483 e. The van der Waals surface area contributed by atoms with Crippen molar-refractivity contribution in [3.05, 3.63) is 96.1 Å². The van der Waals surface area contributed by atoms with E-state index in [1.165, 1.54) is 54.1 Å². The van der Waals surface area contributed by atoms with Gasteiger partial charge in [-0.3, -0.25) is 14.5 Å². The number of thiazole rings is 1. The Morgan fingerprint density at radius 2 is 1.62 bits per heavy atom. The first-order valence-electron chi connectivity index (χ1n) is 11.6. The molecule has 0 aliphatic heterocycles. The van der Waals surface area contributed by atoms with Gasteiger partial charge in [-0.1, -0.05) is 30.3 Å². The molecule has 13 heteroatoms. The first-order chi connectivity index (χ1) is 19.1. The molecule has 0 aliphatic rings. The van der Waals surface area contributed by atoms with E-state index in [-0.39, 0.29) is 28.1 Å². The van der Waals surface area contributed by atoms with Gasteiger partial charge >= 0.3 is 6.18 Å². The second kappa shape index (κ2) is 10.9. The number of anilines is 2.